The van der Waals surface area contributed by atoms with E-state index >= 15 is 0 Å². The highest BCUT2D eigenvalue weighted by atomic mass is 35.5. The van der Waals surface area contributed by atoms with Gasteiger partial charge < -0.3 is 5.73 Å². The van der Waals surface area contributed by atoms with Crippen molar-refractivity contribution in [3.05, 3.63) is 17.3 Å². The van der Waals surface area contributed by atoms with E-state index in [1.165, 1.54) is 6.20 Å². The zero-order chi connectivity index (χ0) is 7.56. The first kappa shape index (κ1) is 5.38. The quantitative estimate of drug-likeness (QED) is 0.615. The van der Waals surface area contributed by atoms with Crippen LogP contribution in [0.15, 0.2) is 17.2 Å². The lowest BCUT2D eigenvalue weighted by Gasteiger charge is -1.96. The van der Waals surface area contributed by atoms with E-state index in [1.54, 1.807) is 6.07 Å². The lowest BCUT2D eigenvalue weighted by Crippen LogP contribution is -1.89. The summed E-state index contributed by atoms with van der Waals surface area (Å²) in [6.45, 7) is 0. The number of nitrogen functional groups attached to an aromatic ring is 1. The molecular formula is C5H5ClN2S. The Labute approximate surface area is 64.5 Å². The predicted molar refractivity (Wildman–Crippen MR) is 40.9 cm³/mol. The second-order valence-electron chi connectivity index (χ2n) is 1.51. The average Bonchev–Trinajstić information content (AvgIpc) is 1.95. The summed E-state index contributed by atoms with van der Waals surface area (Å²) in [4.78, 5) is 4.37. The second-order valence-corrected chi connectivity index (χ2v) is 2.33. The molecule has 0 saturated carbocycles. The molecule has 0 saturated heterocycles. The molecular weight excluding hydrogens is 156 g/mol. The number of anilines is 1. The van der Waals surface area contributed by atoms with Crippen molar-refractivity contribution >= 4 is 30.0 Å². The molecule has 0 radical (unpaired) electrons. The van der Waals surface area contributed by atoms with Crippen LogP contribution in [0.2, 0.25) is 5.02 Å². The van der Waals surface area contributed by atoms with Gasteiger partial charge in [-0.15, -0.1) is 12.5 Å². The molecule has 0 aliphatic rings. The minimum atomic E-state index is 0.277. The van der Waals surface area contributed by atoms with Crippen LogP contribution >= 0.6 is 24.1 Å². The van der Waals surface area contributed by atoms with Gasteiger partial charge in [0.25, 0.3) is 0 Å². The molecule has 48 valence electrons. The fourth-order valence-electron chi connectivity index (χ4n) is 0.441. The molecule has 0 bridgehead atoms. The largest absolute Gasteiger partial charge is 0.382 e. The Hall–Kier alpha value is -0.410. The van der Waals surface area contributed by atoms with Crippen LogP contribution in [0, 0.1) is 0 Å². The third kappa shape index (κ3) is 1.28. The van der Waals surface area contributed by atoms with Crippen molar-refractivity contribution in [3.63, 3.8) is 0 Å². The Balaban J connectivity index is 3.14. The Kier molecular flexibility index (Phi) is 1.47. The summed E-state index contributed by atoms with van der Waals surface area (Å²) >= 11 is 6.47. The van der Waals surface area contributed by atoms with E-state index in [9.17, 15) is 0 Å². The zero-order valence-electron chi connectivity index (χ0n) is 5.47. The molecule has 2 N–H and O–H groups in total. The van der Waals surface area contributed by atoms with Crippen molar-refractivity contribution in [1.82, 2.24) is 4.98 Å². The molecule has 0 atom stereocenters. The fourth-order valence-corrected chi connectivity index (χ4v) is 0.719. The van der Waals surface area contributed by atoms with Crippen LogP contribution in [0.4, 0.5) is 5.82 Å². The van der Waals surface area contributed by atoms with Crippen molar-refractivity contribution in [2.75, 3.05) is 5.73 Å². The van der Waals surface area contributed by atoms with Gasteiger partial charge in [-0.25, -0.2) is 4.98 Å². The van der Waals surface area contributed by atoms with Gasteiger partial charge in [-0.2, -0.15) is 0 Å². The summed E-state index contributed by atoms with van der Waals surface area (Å²) in [6.07, 6.45) is 1.53. The zero-order valence-corrected chi connectivity index (χ0v) is 6.04. The third-order valence-corrected chi connectivity index (χ3v) is 1.73. The lowest BCUT2D eigenvalue weighted by molar-refractivity contribution is 1.28. The molecule has 0 aromatic carbocycles. The van der Waals surface area contributed by atoms with E-state index in [2.05, 4.69) is 4.98 Å². The van der Waals surface area contributed by atoms with Gasteiger partial charge in [-0.05, 0) is 6.07 Å². The van der Waals surface area contributed by atoms with Crippen LogP contribution < -0.4 is 5.73 Å². The maximum Gasteiger partial charge on any atom is 0.143 e. The fraction of sp³-hybridized carbons (Fsp3) is 0. The van der Waals surface area contributed by atoms with E-state index in [-0.39, 0.29) is 5.82 Å². The minimum absolute atomic E-state index is 0.277. The first-order valence-electron chi connectivity index (χ1n) is 2.69. The monoisotopic (exact) mass is 161 g/mol. The molecule has 2 nitrogen and oxygen atoms in total. The Morgan fingerprint density at radius 1 is 1.89 bits per heavy atom. The molecule has 1 rings (SSSR count). The molecule has 0 aliphatic heterocycles. The lowest BCUT2D eigenvalue weighted by atomic mass is 10.5. The molecule has 0 fully saturated rings. The van der Waals surface area contributed by atoms with Crippen molar-refractivity contribution in [2.45, 2.75) is 4.90 Å². The first-order chi connectivity index (χ1) is 4.75. The van der Waals surface area contributed by atoms with Gasteiger partial charge in [0.2, 0.25) is 0 Å². The Morgan fingerprint density at radius 2 is 2.67 bits per heavy atom. The van der Waals surface area contributed by atoms with Crippen LogP contribution in [-0.4, -0.2) is 6.11 Å². The van der Waals surface area contributed by atoms with Gasteiger partial charge in [-0.3, -0.25) is 0 Å². The molecule has 4 heteroatoms. The van der Waals surface area contributed by atoms with Crippen molar-refractivity contribution < 1.29 is 0 Å². The van der Waals surface area contributed by atoms with Crippen molar-refractivity contribution in [1.29, 1.82) is 1.12 Å². The molecule has 1 aromatic rings. The third-order valence-electron chi connectivity index (χ3n) is 0.881. The van der Waals surface area contributed by atoms with Crippen molar-refractivity contribution in [3.8, 4) is 0 Å². The molecule has 9 heavy (non-hydrogen) atoms. The van der Waals surface area contributed by atoms with Gasteiger partial charge in [-0.1, -0.05) is 11.6 Å². The van der Waals surface area contributed by atoms with Gasteiger partial charge >= 0.3 is 0 Å². The Bertz CT molecular complexity index is 243. The maximum atomic E-state index is 6.93. The highest BCUT2D eigenvalue weighted by Crippen LogP contribution is 2.22. The number of aromatic nitrogens is 1. The molecule has 0 amide bonds. The molecule has 0 aliphatic carbocycles. The van der Waals surface area contributed by atoms with Crippen LogP contribution in [-0.2, 0) is 0 Å². The van der Waals surface area contributed by atoms with Gasteiger partial charge in [0.1, 0.15) is 6.94 Å². The highest BCUT2D eigenvalue weighted by molar-refractivity contribution is 7.80. The molecule has 1 heterocycles. The predicted octanol–water partition coefficient (Wildman–Crippen LogP) is 1.61. The van der Waals surface area contributed by atoms with Gasteiger partial charge in [0.15, 0.2) is 0 Å². The Morgan fingerprint density at radius 3 is 3.22 bits per heavy atom. The summed E-state index contributed by atoms with van der Waals surface area (Å²) in [6, 6.07) is 1.65. The molecule has 0 unspecified atom stereocenters. The second kappa shape index (κ2) is 2.45. The topological polar surface area (TPSA) is 38.9 Å². The number of hydrogen-bond acceptors (Lipinski definition) is 3. The van der Waals surface area contributed by atoms with Gasteiger partial charge in [0.05, 0.1) is 5.02 Å². The number of pyridine rings is 1. The van der Waals surface area contributed by atoms with Crippen molar-refractivity contribution in [2.24, 2.45) is 0 Å². The van der Waals surface area contributed by atoms with E-state index in [4.69, 9.17) is 18.5 Å². The minimum Gasteiger partial charge on any atom is -0.382 e. The first-order valence-corrected chi connectivity index (χ1v) is 3.07. The average molecular weight is 162 g/mol. The van der Waals surface area contributed by atoms with E-state index in [0.717, 1.165) is 12.5 Å². The number of nitrogens with two attached hydrogens (primary N) is 1. The number of rotatable bonds is 1. The van der Waals surface area contributed by atoms with Crippen LogP contribution in [0.1, 0.15) is 0 Å². The highest BCUT2D eigenvalue weighted by Gasteiger charge is 1.97. The number of halogens is 1. The summed E-state index contributed by atoms with van der Waals surface area (Å²) in [5.74, 6) is 0.277. The van der Waals surface area contributed by atoms with E-state index in [0.29, 0.717) is 9.92 Å². The van der Waals surface area contributed by atoms with Crippen LogP contribution in [0.25, 0.3) is 0 Å². The normalized spacial score (nSPS) is 11.0. The van der Waals surface area contributed by atoms with E-state index in [1.807, 2.05) is 0 Å². The SMILES string of the molecule is [2H]Sc1ccnc(N)c1Cl. The standard InChI is InChI=1S/C5H5ClN2S/c6-4-3(9)1-2-8-5(4)7/h1-2H,(H3,7,8,9)/i/hD. The van der Waals surface area contributed by atoms with Crippen LogP contribution in [0.3, 0.4) is 0 Å². The smallest absolute Gasteiger partial charge is 0.143 e. The number of nitrogens with zero attached hydrogens (tertiary/aromatic N) is 1. The van der Waals surface area contributed by atoms with Crippen LogP contribution in [0.5, 0.6) is 0 Å². The summed E-state index contributed by atoms with van der Waals surface area (Å²) in [5, 5.41) is 0.363. The summed E-state index contributed by atoms with van der Waals surface area (Å²) in [5.41, 5.74) is 5.36. The summed E-state index contributed by atoms with van der Waals surface area (Å²) in [7, 11) is 0. The van der Waals surface area contributed by atoms with E-state index < -0.39 is 0 Å². The summed E-state index contributed by atoms with van der Waals surface area (Å²) < 4.78 is 6.93. The number of hydrogen-bond donors (Lipinski definition) is 2. The molecule has 0 spiro atoms. The van der Waals surface area contributed by atoms with Gasteiger partial charge in [0, 0.05) is 11.1 Å². The molecule has 1 aromatic heterocycles. The maximum absolute atomic E-state index is 6.93. The number of thiol groups is 1.